The zero-order chi connectivity index (χ0) is 24.8. The molecule has 0 unspecified atom stereocenters. The molecule has 4 saturated carbocycles. The number of fused-ring (bicyclic) bond motifs is 5. The fraction of sp³-hybridized carbons (Fsp3) is 0.677. The van der Waals surface area contributed by atoms with Crippen molar-refractivity contribution >= 4 is 11.9 Å². The molecule has 4 aliphatic carbocycles. The van der Waals surface area contributed by atoms with E-state index in [0.717, 1.165) is 37.7 Å². The Morgan fingerprint density at radius 1 is 0.857 bits per heavy atom. The van der Waals surface area contributed by atoms with Gasteiger partial charge in [-0.3, -0.25) is 9.59 Å². The number of rotatable bonds is 2. The second-order valence-corrected chi connectivity index (χ2v) is 12.3. The Morgan fingerprint density at radius 2 is 1.60 bits per heavy atom. The Bertz CT molecular complexity index is 1040. The van der Waals surface area contributed by atoms with Gasteiger partial charge >= 0.3 is 11.9 Å². The van der Waals surface area contributed by atoms with Crippen LogP contribution in [0.2, 0.25) is 0 Å². The van der Waals surface area contributed by atoms with Gasteiger partial charge in [0.15, 0.2) is 5.60 Å². The first-order valence-electron chi connectivity index (χ1n) is 13.6. The summed E-state index contributed by atoms with van der Waals surface area (Å²) in [4.78, 5) is 23.9. The zero-order valence-corrected chi connectivity index (χ0v) is 21.8. The van der Waals surface area contributed by atoms with Gasteiger partial charge in [0.05, 0.1) is 0 Å². The third kappa shape index (κ3) is 4.30. The number of carbonyl (C=O) groups excluding carboxylic acids is 2. The van der Waals surface area contributed by atoms with Gasteiger partial charge in [-0.05, 0) is 98.5 Å². The Hall–Kier alpha value is -2.28. The summed E-state index contributed by atoms with van der Waals surface area (Å²) >= 11 is 0. The van der Waals surface area contributed by atoms with Crippen LogP contribution in [0.1, 0.15) is 91.0 Å². The zero-order valence-electron chi connectivity index (χ0n) is 21.8. The van der Waals surface area contributed by atoms with Crippen LogP contribution in [-0.4, -0.2) is 23.6 Å². The van der Waals surface area contributed by atoms with Crippen LogP contribution in [0.25, 0.3) is 0 Å². The van der Waals surface area contributed by atoms with Crippen LogP contribution in [0.3, 0.4) is 0 Å². The maximum atomic E-state index is 12.1. The van der Waals surface area contributed by atoms with Crippen molar-refractivity contribution in [1.82, 2.24) is 0 Å². The van der Waals surface area contributed by atoms with Gasteiger partial charge in [0.25, 0.3) is 0 Å². The second-order valence-electron chi connectivity index (χ2n) is 12.3. The van der Waals surface area contributed by atoms with Crippen LogP contribution in [0.4, 0.5) is 0 Å². The number of hydrogen-bond donors (Lipinski definition) is 0. The summed E-state index contributed by atoms with van der Waals surface area (Å²) in [5.74, 6) is 8.91. The summed E-state index contributed by atoms with van der Waals surface area (Å²) in [7, 11) is 0. The van der Waals surface area contributed by atoms with Gasteiger partial charge in [-0.15, -0.1) is 0 Å². The third-order valence-electron chi connectivity index (χ3n) is 10.5. The predicted molar refractivity (Wildman–Crippen MR) is 135 cm³/mol. The smallest absolute Gasteiger partial charge is 0.304 e. The van der Waals surface area contributed by atoms with Crippen LogP contribution in [0.5, 0.6) is 0 Å². The molecule has 1 aromatic carbocycles. The largest absolute Gasteiger partial charge is 0.462 e. The molecule has 8 atom stereocenters. The fourth-order valence-corrected chi connectivity index (χ4v) is 8.79. The number of esters is 2. The maximum Gasteiger partial charge on any atom is 0.304 e. The van der Waals surface area contributed by atoms with Gasteiger partial charge in [-0.25, -0.2) is 0 Å². The summed E-state index contributed by atoms with van der Waals surface area (Å²) in [6.07, 6.45) is 9.69. The van der Waals surface area contributed by atoms with Crippen molar-refractivity contribution in [3.8, 4) is 11.8 Å². The van der Waals surface area contributed by atoms with Crippen molar-refractivity contribution in [2.45, 2.75) is 97.2 Å². The highest BCUT2D eigenvalue weighted by atomic mass is 16.6. The first-order valence-corrected chi connectivity index (χ1v) is 13.6. The summed E-state index contributed by atoms with van der Waals surface area (Å²) in [6, 6.07) is 10.00. The SMILES string of the molecule is CC(=O)O[C@H]1CC[C@@H]2[C@H]3CC[C@H]4C[C@](C#Cc5ccccc5)(OC(C)=O)CC[C@]4(C)[C@@H]3CC[C@]12C. The minimum atomic E-state index is -0.685. The number of ether oxygens (including phenoxy) is 2. The highest BCUT2D eigenvalue weighted by molar-refractivity contribution is 5.67. The molecule has 188 valence electrons. The lowest BCUT2D eigenvalue weighted by Gasteiger charge is -2.61. The highest BCUT2D eigenvalue weighted by Crippen LogP contribution is 2.67. The molecule has 0 bridgehead atoms. The summed E-state index contributed by atoms with van der Waals surface area (Å²) < 4.78 is 11.8. The van der Waals surface area contributed by atoms with Crippen LogP contribution in [0, 0.1) is 46.3 Å². The number of carbonyl (C=O) groups is 2. The third-order valence-corrected chi connectivity index (χ3v) is 10.5. The van der Waals surface area contributed by atoms with E-state index in [-0.39, 0.29) is 28.9 Å². The van der Waals surface area contributed by atoms with Crippen molar-refractivity contribution in [3.05, 3.63) is 35.9 Å². The minimum absolute atomic E-state index is 0.0766. The van der Waals surface area contributed by atoms with E-state index < -0.39 is 5.60 Å². The molecule has 0 amide bonds. The van der Waals surface area contributed by atoms with Crippen molar-refractivity contribution in [2.24, 2.45) is 34.5 Å². The van der Waals surface area contributed by atoms with E-state index in [1.807, 2.05) is 30.3 Å². The van der Waals surface area contributed by atoms with Gasteiger partial charge in [0, 0.05) is 31.2 Å². The fourth-order valence-electron chi connectivity index (χ4n) is 8.79. The Balaban J connectivity index is 1.38. The monoisotopic (exact) mass is 476 g/mol. The van der Waals surface area contributed by atoms with Gasteiger partial charge in [0.2, 0.25) is 0 Å². The first kappa shape index (κ1) is 24.4. The minimum Gasteiger partial charge on any atom is -0.462 e. The summed E-state index contributed by atoms with van der Waals surface area (Å²) in [5, 5.41) is 0. The molecule has 0 aromatic heterocycles. The average molecular weight is 477 g/mol. The molecular formula is C31H40O4. The lowest BCUT2D eigenvalue weighted by molar-refractivity contribution is -0.175. The van der Waals surface area contributed by atoms with E-state index in [0.29, 0.717) is 23.7 Å². The van der Waals surface area contributed by atoms with Crippen molar-refractivity contribution in [3.63, 3.8) is 0 Å². The van der Waals surface area contributed by atoms with Crippen LogP contribution >= 0.6 is 0 Å². The summed E-state index contributed by atoms with van der Waals surface area (Å²) in [5.41, 5.74) is 0.649. The van der Waals surface area contributed by atoms with Gasteiger partial charge < -0.3 is 9.47 Å². The Kier molecular flexibility index (Phi) is 6.27. The highest BCUT2D eigenvalue weighted by Gasteiger charge is 2.62. The lowest BCUT2D eigenvalue weighted by Crippen LogP contribution is -2.56. The topological polar surface area (TPSA) is 52.6 Å². The van der Waals surface area contributed by atoms with E-state index in [1.54, 1.807) is 6.92 Å². The van der Waals surface area contributed by atoms with Crippen molar-refractivity contribution < 1.29 is 19.1 Å². The molecule has 4 fully saturated rings. The molecule has 0 N–H and O–H groups in total. The summed E-state index contributed by atoms with van der Waals surface area (Å²) in [6.45, 7) is 7.96. The van der Waals surface area contributed by atoms with Crippen LogP contribution in [-0.2, 0) is 19.1 Å². The molecule has 35 heavy (non-hydrogen) atoms. The van der Waals surface area contributed by atoms with E-state index in [9.17, 15) is 9.59 Å². The van der Waals surface area contributed by atoms with E-state index in [1.165, 1.54) is 32.6 Å². The molecule has 5 rings (SSSR count). The van der Waals surface area contributed by atoms with E-state index in [2.05, 4.69) is 25.7 Å². The molecule has 0 spiro atoms. The molecular weight excluding hydrogens is 436 g/mol. The molecule has 4 heteroatoms. The van der Waals surface area contributed by atoms with Crippen molar-refractivity contribution in [2.75, 3.05) is 0 Å². The second kappa shape index (κ2) is 8.99. The van der Waals surface area contributed by atoms with E-state index >= 15 is 0 Å². The number of hydrogen-bond acceptors (Lipinski definition) is 4. The molecule has 4 nitrogen and oxygen atoms in total. The lowest BCUT2D eigenvalue weighted by atomic mass is 9.44. The van der Waals surface area contributed by atoms with Crippen LogP contribution < -0.4 is 0 Å². The molecule has 0 radical (unpaired) electrons. The average Bonchev–Trinajstić information content (AvgIpc) is 3.14. The normalized spacial score (nSPS) is 41.9. The number of benzene rings is 1. The quantitative estimate of drug-likeness (QED) is 0.370. The van der Waals surface area contributed by atoms with Crippen LogP contribution in [0.15, 0.2) is 30.3 Å². The van der Waals surface area contributed by atoms with Crippen molar-refractivity contribution in [1.29, 1.82) is 0 Å². The van der Waals surface area contributed by atoms with Gasteiger partial charge in [-0.1, -0.05) is 38.0 Å². The van der Waals surface area contributed by atoms with Gasteiger partial charge in [0.1, 0.15) is 6.10 Å². The molecule has 4 aliphatic rings. The molecule has 0 saturated heterocycles. The standard InChI is InChI=1S/C31H40O4/c1-21(32)34-28-13-12-26-25-11-10-24-20-31(35-22(2)33,17-14-23-8-6-5-7-9-23)19-18-29(24,3)27(25)15-16-30(26,28)4/h5-9,24-28H,10-13,15-16,18-20H2,1-4H3/t24-,25+,26+,27+,28-,29-,30-,31+/m0/s1. The maximum absolute atomic E-state index is 12.1. The van der Waals surface area contributed by atoms with Gasteiger partial charge in [-0.2, -0.15) is 0 Å². The Morgan fingerprint density at radius 3 is 2.31 bits per heavy atom. The molecule has 1 aromatic rings. The molecule has 0 aliphatic heterocycles. The van der Waals surface area contributed by atoms with E-state index in [4.69, 9.17) is 9.47 Å². The molecule has 0 heterocycles. The Labute approximate surface area is 210 Å². The first-order chi connectivity index (χ1) is 16.7. The predicted octanol–water partition coefficient (Wildman–Crippen LogP) is 6.31.